The molecule has 0 spiro atoms. The second-order valence-corrected chi connectivity index (χ2v) is 5.27. The zero-order valence-electron chi connectivity index (χ0n) is 13.3. The van der Waals surface area contributed by atoms with E-state index >= 15 is 0 Å². The van der Waals surface area contributed by atoms with Crippen molar-refractivity contribution in [3.8, 4) is 5.75 Å². The largest absolute Gasteiger partial charge is 0.484 e. The van der Waals surface area contributed by atoms with Gasteiger partial charge in [0.15, 0.2) is 6.61 Å². The fourth-order valence-electron chi connectivity index (χ4n) is 2.24. The highest BCUT2D eigenvalue weighted by Gasteiger charge is 2.03. The van der Waals surface area contributed by atoms with Crippen LogP contribution in [-0.4, -0.2) is 23.2 Å². The van der Waals surface area contributed by atoms with E-state index < -0.39 is 0 Å². The lowest BCUT2D eigenvalue weighted by molar-refractivity contribution is -0.123. The van der Waals surface area contributed by atoms with Gasteiger partial charge >= 0.3 is 0 Å². The van der Waals surface area contributed by atoms with E-state index in [-0.39, 0.29) is 12.5 Å². The van der Waals surface area contributed by atoms with E-state index in [2.05, 4.69) is 15.5 Å². The predicted octanol–water partition coefficient (Wildman–Crippen LogP) is 3.15. The lowest BCUT2D eigenvalue weighted by atomic mass is 10.1. The highest BCUT2D eigenvalue weighted by Crippen LogP contribution is 2.20. The topological polar surface area (TPSA) is 63.6 Å². The minimum absolute atomic E-state index is 0.0918. The van der Waals surface area contributed by atoms with Gasteiger partial charge in [0, 0.05) is 18.0 Å². The number of hydrogen-bond acceptors (Lipinski definition) is 4. The van der Waals surface area contributed by atoms with Crippen LogP contribution in [0.25, 0.3) is 10.8 Å². The normalized spacial score (nSPS) is 11.3. The summed E-state index contributed by atoms with van der Waals surface area (Å²) in [5.74, 6) is 0.343. The lowest BCUT2D eigenvalue weighted by Gasteiger charge is -2.07. The molecule has 5 nitrogen and oxygen atoms in total. The van der Waals surface area contributed by atoms with Crippen molar-refractivity contribution in [2.24, 2.45) is 5.10 Å². The number of fused-ring (bicyclic) bond motifs is 1. The average molecular weight is 319 g/mol. The van der Waals surface area contributed by atoms with E-state index in [1.807, 2.05) is 61.5 Å². The highest BCUT2D eigenvalue weighted by molar-refractivity contribution is 5.99. The maximum absolute atomic E-state index is 11.9. The number of nitrogens with zero attached hydrogens (tertiary/aromatic N) is 2. The molecule has 1 N–H and O–H groups in total. The smallest absolute Gasteiger partial charge is 0.277 e. The van der Waals surface area contributed by atoms with Gasteiger partial charge in [0.25, 0.3) is 5.91 Å². The van der Waals surface area contributed by atoms with Crippen LogP contribution in [0.3, 0.4) is 0 Å². The Labute approximate surface area is 140 Å². The minimum atomic E-state index is -0.309. The SMILES string of the molecule is CC(=NNC(=O)COc1ccc2ccccc2c1)c1ccncc1. The summed E-state index contributed by atoms with van der Waals surface area (Å²) in [5, 5.41) is 6.27. The fourth-order valence-corrected chi connectivity index (χ4v) is 2.24. The molecule has 120 valence electrons. The summed E-state index contributed by atoms with van der Waals surface area (Å²) in [4.78, 5) is 15.8. The summed E-state index contributed by atoms with van der Waals surface area (Å²) in [5.41, 5.74) is 4.10. The molecule has 5 heteroatoms. The molecule has 0 fully saturated rings. The maximum Gasteiger partial charge on any atom is 0.277 e. The molecular formula is C19H17N3O2. The van der Waals surface area contributed by atoms with E-state index in [4.69, 9.17) is 4.74 Å². The molecule has 0 bridgehead atoms. The van der Waals surface area contributed by atoms with Crippen LogP contribution >= 0.6 is 0 Å². The number of carbonyl (C=O) groups is 1. The van der Waals surface area contributed by atoms with Crippen LogP contribution in [0.2, 0.25) is 0 Å². The number of pyridine rings is 1. The first-order chi connectivity index (χ1) is 11.7. The molecular weight excluding hydrogens is 302 g/mol. The predicted molar refractivity (Wildman–Crippen MR) is 94.0 cm³/mol. The van der Waals surface area contributed by atoms with Gasteiger partial charge in [-0.05, 0) is 42.0 Å². The first-order valence-electron chi connectivity index (χ1n) is 7.57. The molecule has 0 aliphatic carbocycles. The van der Waals surface area contributed by atoms with E-state index in [9.17, 15) is 4.79 Å². The maximum atomic E-state index is 11.9. The van der Waals surface area contributed by atoms with Gasteiger partial charge in [0.2, 0.25) is 0 Å². The number of rotatable bonds is 5. The Morgan fingerprint density at radius 3 is 2.62 bits per heavy atom. The summed E-state index contributed by atoms with van der Waals surface area (Å²) in [6.45, 7) is 1.73. The Morgan fingerprint density at radius 1 is 1.08 bits per heavy atom. The molecule has 3 aromatic rings. The summed E-state index contributed by atoms with van der Waals surface area (Å²) in [7, 11) is 0. The van der Waals surface area contributed by atoms with E-state index in [0.717, 1.165) is 16.3 Å². The van der Waals surface area contributed by atoms with Crippen LogP contribution in [0.4, 0.5) is 0 Å². The van der Waals surface area contributed by atoms with Crippen LogP contribution < -0.4 is 10.2 Å². The molecule has 0 atom stereocenters. The van der Waals surface area contributed by atoms with Gasteiger partial charge in [-0.3, -0.25) is 9.78 Å². The van der Waals surface area contributed by atoms with E-state index in [0.29, 0.717) is 11.5 Å². The van der Waals surface area contributed by atoms with Gasteiger partial charge in [-0.1, -0.05) is 30.3 Å². The molecule has 1 amide bonds. The number of hydrogen-bond donors (Lipinski definition) is 1. The number of ether oxygens (including phenoxy) is 1. The Bertz CT molecular complexity index is 876. The lowest BCUT2D eigenvalue weighted by Crippen LogP contribution is -2.25. The summed E-state index contributed by atoms with van der Waals surface area (Å²) >= 11 is 0. The third kappa shape index (κ3) is 3.95. The third-order valence-corrected chi connectivity index (χ3v) is 3.54. The molecule has 0 saturated heterocycles. The highest BCUT2D eigenvalue weighted by atomic mass is 16.5. The Balaban J connectivity index is 1.57. The molecule has 2 aromatic carbocycles. The molecule has 0 unspecified atom stereocenters. The molecule has 1 aromatic heterocycles. The summed E-state index contributed by atoms with van der Waals surface area (Å²) in [6.07, 6.45) is 3.36. The first-order valence-corrected chi connectivity index (χ1v) is 7.57. The van der Waals surface area contributed by atoms with Crippen molar-refractivity contribution >= 4 is 22.4 Å². The Hall–Kier alpha value is -3.21. The van der Waals surface area contributed by atoms with Crippen molar-refractivity contribution in [2.75, 3.05) is 6.61 Å². The van der Waals surface area contributed by atoms with Crippen molar-refractivity contribution in [3.63, 3.8) is 0 Å². The monoisotopic (exact) mass is 319 g/mol. The van der Waals surface area contributed by atoms with Crippen LogP contribution in [0.1, 0.15) is 12.5 Å². The van der Waals surface area contributed by atoms with Crippen molar-refractivity contribution in [3.05, 3.63) is 72.6 Å². The zero-order valence-corrected chi connectivity index (χ0v) is 13.3. The summed E-state index contributed by atoms with van der Waals surface area (Å²) in [6, 6.07) is 17.4. The molecule has 0 aliphatic heterocycles. The number of hydrazone groups is 1. The van der Waals surface area contributed by atoms with Gasteiger partial charge in [-0.2, -0.15) is 5.10 Å². The second kappa shape index (κ2) is 7.37. The van der Waals surface area contributed by atoms with Crippen molar-refractivity contribution in [1.29, 1.82) is 0 Å². The van der Waals surface area contributed by atoms with Gasteiger partial charge in [-0.25, -0.2) is 5.43 Å². The van der Waals surface area contributed by atoms with Gasteiger partial charge < -0.3 is 4.74 Å². The molecule has 0 saturated carbocycles. The Morgan fingerprint density at radius 2 is 1.83 bits per heavy atom. The zero-order chi connectivity index (χ0) is 16.8. The molecule has 0 aliphatic rings. The van der Waals surface area contributed by atoms with Crippen LogP contribution in [0.15, 0.2) is 72.1 Å². The minimum Gasteiger partial charge on any atom is -0.484 e. The molecule has 1 heterocycles. The van der Waals surface area contributed by atoms with Crippen LogP contribution in [0.5, 0.6) is 5.75 Å². The van der Waals surface area contributed by atoms with Gasteiger partial charge in [0.1, 0.15) is 5.75 Å². The number of amides is 1. The van der Waals surface area contributed by atoms with Crippen molar-refractivity contribution in [2.45, 2.75) is 6.92 Å². The number of carbonyl (C=O) groups excluding carboxylic acids is 1. The number of nitrogens with one attached hydrogen (secondary N) is 1. The fraction of sp³-hybridized carbons (Fsp3) is 0.105. The van der Waals surface area contributed by atoms with Crippen LogP contribution in [0, 0.1) is 0 Å². The van der Waals surface area contributed by atoms with Gasteiger partial charge in [0.05, 0.1) is 5.71 Å². The van der Waals surface area contributed by atoms with E-state index in [1.165, 1.54) is 0 Å². The summed E-state index contributed by atoms with van der Waals surface area (Å²) < 4.78 is 5.52. The first kappa shape index (κ1) is 15.7. The molecule has 0 radical (unpaired) electrons. The number of aromatic nitrogens is 1. The quantitative estimate of drug-likeness (QED) is 0.580. The van der Waals surface area contributed by atoms with E-state index in [1.54, 1.807) is 12.4 Å². The third-order valence-electron chi connectivity index (χ3n) is 3.54. The molecule has 24 heavy (non-hydrogen) atoms. The standard InChI is InChI=1S/C19H17N3O2/c1-14(15-8-10-20-11-9-15)21-22-19(23)13-24-18-7-6-16-4-2-3-5-17(16)12-18/h2-12H,13H2,1H3,(H,22,23). The number of benzene rings is 2. The average Bonchev–Trinajstić information content (AvgIpc) is 2.65. The second-order valence-electron chi connectivity index (χ2n) is 5.27. The van der Waals surface area contributed by atoms with Gasteiger partial charge in [-0.15, -0.1) is 0 Å². The molecule has 3 rings (SSSR count). The van der Waals surface area contributed by atoms with Crippen molar-refractivity contribution < 1.29 is 9.53 Å². The Kier molecular flexibility index (Phi) is 4.81. The van der Waals surface area contributed by atoms with Crippen LogP contribution in [-0.2, 0) is 4.79 Å². The van der Waals surface area contributed by atoms with Crippen molar-refractivity contribution in [1.82, 2.24) is 10.4 Å².